The monoisotopic (exact) mass is 260 g/mol. The molecule has 3 nitrogen and oxygen atoms in total. The summed E-state index contributed by atoms with van der Waals surface area (Å²) < 4.78 is 5.59. The van der Waals surface area contributed by atoms with Crippen molar-refractivity contribution in [3.05, 3.63) is 29.3 Å². The molecule has 0 amide bonds. The van der Waals surface area contributed by atoms with Crippen molar-refractivity contribution in [2.75, 3.05) is 26.2 Å². The molecule has 0 radical (unpaired) electrons. The second kappa shape index (κ2) is 5.93. The van der Waals surface area contributed by atoms with Gasteiger partial charge in [0.15, 0.2) is 0 Å². The fourth-order valence-corrected chi connectivity index (χ4v) is 3.32. The molecular weight excluding hydrogens is 236 g/mol. The highest BCUT2D eigenvalue weighted by atomic mass is 16.5. The summed E-state index contributed by atoms with van der Waals surface area (Å²) in [5, 5.41) is 0. The zero-order valence-electron chi connectivity index (χ0n) is 11.6. The maximum atomic E-state index is 6.06. The van der Waals surface area contributed by atoms with Gasteiger partial charge < -0.3 is 10.5 Å². The Morgan fingerprint density at radius 1 is 1.16 bits per heavy atom. The fraction of sp³-hybridized carbons (Fsp3) is 0.625. The molecule has 1 fully saturated rings. The third-order valence-corrected chi connectivity index (χ3v) is 4.40. The van der Waals surface area contributed by atoms with Crippen LogP contribution in [0.4, 0.5) is 0 Å². The van der Waals surface area contributed by atoms with E-state index in [1.165, 1.54) is 49.9 Å². The summed E-state index contributed by atoms with van der Waals surface area (Å²) in [5.74, 6) is 1.07. The third-order valence-electron chi connectivity index (χ3n) is 4.40. The first-order valence-electron chi connectivity index (χ1n) is 7.58. The zero-order valence-corrected chi connectivity index (χ0v) is 11.6. The van der Waals surface area contributed by atoms with Gasteiger partial charge in [-0.2, -0.15) is 0 Å². The molecule has 0 aromatic heterocycles. The second-order valence-corrected chi connectivity index (χ2v) is 5.67. The molecular formula is C16H24N2O. The number of fused-ring (bicyclic) bond motifs is 1. The van der Waals surface area contributed by atoms with Crippen molar-refractivity contribution in [2.45, 2.75) is 38.1 Å². The van der Waals surface area contributed by atoms with Crippen LogP contribution < -0.4 is 10.5 Å². The Labute approximate surface area is 115 Å². The molecule has 19 heavy (non-hydrogen) atoms. The van der Waals surface area contributed by atoms with Crippen molar-refractivity contribution in [1.82, 2.24) is 4.90 Å². The molecule has 1 aromatic carbocycles. The average molecular weight is 260 g/mol. The summed E-state index contributed by atoms with van der Waals surface area (Å²) in [7, 11) is 0. The molecule has 1 saturated heterocycles. The molecule has 0 saturated carbocycles. The van der Waals surface area contributed by atoms with Crippen LogP contribution in [0.25, 0.3) is 0 Å². The maximum absolute atomic E-state index is 6.06. The Hall–Kier alpha value is -1.06. The summed E-state index contributed by atoms with van der Waals surface area (Å²) in [4.78, 5) is 2.57. The highest BCUT2D eigenvalue weighted by Gasteiger charge is 2.22. The standard InChI is InChI=1S/C16H24N2O/c17-12-15(18-8-3-1-2-4-9-18)13-5-6-16-14(11-13)7-10-19-16/h5-6,11,15H,1-4,7-10,12,17H2. The molecule has 2 aliphatic rings. The Balaban J connectivity index is 1.80. The van der Waals surface area contributed by atoms with Gasteiger partial charge in [0, 0.05) is 19.0 Å². The van der Waals surface area contributed by atoms with Gasteiger partial charge in [-0.05, 0) is 43.1 Å². The lowest BCUT2D eigenvalue weighted by atomic mass is 10.0. The van der Waals surface area contributed by atoms with Crippen molar-refractivity contribution in [2.24, 2.45) is 5.73 Å². The average Bonchev–Trinajstić information content (AvgIpc) is 2.74. The lowest BCUT2D eigenvalue weighted by molar-refractivity contribution is 0.209. The normalized spacial score (nSPS) is 21.5. The van der Waals surface area contributed by atoms with Gasteiger partial charge in [-0.3, -0.25) is 4.90 Å². The minimum absolute atomic E-state index is 0.379. The van der Waals surface area contributed by atoms with Crippen LogP contribution in [0, 0.1) is 0 Å². The molecule has 3 heteroatoms. The summed E-state index contributed by atoms with van der Waals surface area (Å²) in [6.07, 6.45) is 6.40. The van der Waals surface area contributed by atoms with Crippen molar-refractivity contribution in [1.29, 1.82) is 0 Å². The Bertz CT molecular complexity index is 425. The molecule has 104 valence electrons. The van der Waals surface area contributed by atoms with Crippen molar-refractivity contribution >= 4 is 0 Å². The topological polar surface area (TPSA) is 38.5 Å². The Morgan fingerprint density at radius 2 is 1.95 bits per heavy atom. The van der Waals surface area contributed by atoms with Gasteiger partial charge in [-0.15, -0.1) is 0 Å². The molecule has 2 aliphatic heterocycles. The SMILES string of the molecule is NCC(c1ccc2c(c1)CCO2)N1CCCCCC1. The minimum atomic E-state index is 0.379. The molecule has 0 bridgehead atoms. The van der Waals surface area contributed by atoms with Crippen LogP contribution in [-0.4, -0.2) is 31.1 Å². The minimum Gasteiger partial charge on any atom is -0.493 e. The summed E-state index contributed by atoms with van der Waals surface area (Å²) >= 11 is 0. The number of nitrogens with two attached hydrogens (primary N) is 1. The first kappa shape index (κ1) is 12.9. The van der Waals surface area contributed by atoms with Crippen molar-refractivity contribution in [3.8, 4) is 5.75 Å². The number of rotatable bonds is 3. The summed E-state index contributed by atoms with van der Waals surface area (Å²) in [5.41, 5.74) is 8.78. The van der Waals surface area contributed by atoms with E-state index in [-0.39, 0.29) is 0 Å². The van der Waals surface area contributed by atoms with Gasteiger partial charge in [0.05, 0.1) is 6.61 Å². The van der Waals surface area contributed by atoms with Crippen LogP contribution in [0.3, 0.4) is 0 Å². The number of benzene rings is 1. The number of nitrogens with zero attached hydrogens (tertiary/aromatic N) is 1. The molecule has 2 heterocycles. The molecule has 1 atom stereocenters. The van der Waals surface area contributed by atoms with E-state index in [0.29, 0.717) is 12.6 Å². The Morgan fingerprint density at radius 3 is 2.68 bits per heavy atom. The van der Waals surface area contributed by atoms with Crippen LogP contribution in [0.1, 0.15) is 42.9 Å². The fourth-order valence-electron chi connectivity index (χ4n) is 3.32. The van der Waals surface area contributed by atoms with E-state index in [0.717, 1.165) is 18.8 Å². The van der Waals surface area contributed by atoms with E-state index in [1.807, 2.05) is 0 Å². The third kappa shape index (κ3) is 2.77. The van der Waals surface area contributed by atoms with Gasteiger partial charge >= 0.3 is 0 Å². The molecule has 1 unspecified atom stereocenters. The zero-order chi connectivity index (χ0) is 13.1. The highest BCUT2D eigenvalue weighted by molar-refractivity contribution is 5.40. The van der Waals surface area contributed by atoms with E-state index >= 15 is 0 Å². The van der Waals surface area contributed by atoms with Crippen LogP contribution in [0.2, 0.25) is 0 Å². The lowest BCUT2D eigenvalue weighted by Gasteiger charge is -2.30. The van der Waals surface area contributed by atoms with Gasteiger partial charge in [-0.25, -0.2) is 0 Å². The van der Waals surface area contributed by atoms with Gasteiger partial charge in [0.2, 0.25) is 0 Å². The second-order valence-electron chi connectivity index (χ2n) is 5.67. The smallest absolute Gasteiger partial charge is 0.122 e. The number of hydrogen-bond donors (Lipinski definition) is 1. The van der Waals surface area contributed by atoms with Crippen LogP contribution in [0.15, 0.2) is 18.2 Å². The van der Waals surface area contributed by atoms with Gasteiger partial charge in [0.1, 0.15) is 5.75 Å². The first-order chi connectivity index (χ1) is 9.38. The maximum Gasteiger partial charge on any atom is 0.122 e. The number of hydrogen-bond acceptors (Lipinski definition) is 3. The van der Waals surface area contributed by atoms with Crippen molar-refractivity contribution in [3.63, 3.8) is 0 Å². The molecule has 0 spiro atoms. The van der Waals surface area contributed by atoms with E-state index in [9.17, 15) is 0 Å². The molecule has 0 aliphatic carbocycles. The highest BCUT2D eigenvalue weighted by Crippen LogP contribution is 2.30. The molecule has 3 rings (SSSR count). The van der Waals surface area contributed by atoms with E-state index in [2.05, 4.69) is 23.1 Å². The van der Waals surface area contributed by atoms with E-state index < -0.39 is 0 Å². The van der Waals surface area contributed by atoms with Gasteiger partial charge in [-0.1, -0.05) is 25.0 Å². The predicted octanol–water partition coefficient (Wildman–Crippen LogP) is 2.50. The quantitative estimate of drug-likeness (QED) is 0.907. The predicted molar refractivity (Wildman–Crippen MR) is 77.5 cm³/mol. The van der Waals surface area contributed by atoms with Crippen LogP contribution >= 0.6 is 0 Å². The number of likely N-dealkylation sites (tertiary alicyclic amines) is 1. The van der Waals surface area contributed by atoms with E-state index in [1.54, 1.807) is 0 Å². The van der Waals surface area contributed by atoms with Crippen LogP contribution in [0.5, 0.6) is 5.75 Å². The lowest BCUT2D eigenvalue weighted by Crippen LogP contribution is -2.34. The molecule has 2 N–H and O–H groups in total. The number of ether oxygens (including phenoxy) is 1. The van der Waals surface area contributed by atoms with Crippen molar-refractivity contribution < 1.29 is 4.74 Å². The Kier molecular flexibility index (Phi) is 4.04. The van der Waals surface area contributed by atoms with Gasteiger partial charge in [0.25, 0.3) is 0 Å². The summed E-state index contributed by atoms with van der Waals surface area (Å²) in [6.45, 7) is 3.92. The van der Waals surface area contributed by atoms with E-state index in [4.69, 9.17) is 10.5 Å². The molecule has 1 aromatic rings. The summed E-state index contributed by atoms with van der Waals surface area (Å²) in [6, 6.07) is 7.01. The first-order valence-corrected chi connectivity index (χ1v) is 7.58. The van der Waals surface area contributed by atoms with Crippen LogP contribution in [-0.2, 0) is 6.42 Å². The largest absolute Gasteiger partial charge is 0.493 e.